The number of rotatable bonds is 1. The van der Waals surface area contributed by atoms with Gasteiger partial charge in [0.15, 0.2) is 0 Å². The Morgan fingerprint density at radius 3 is 2.57 bits per heavy atom. The Labute approximate surface area is 92.4 Å². The first kappa shape index (κ1) is 10.8. The number of thioether (sulfide) groups is 1. The second-order valence-electron chi connectivity index (χ2n) is 4.99. The molecule has 1 N–H and O–H groups in total. The second-order valence-corrected chi connectivity index (χ2v) is 6.81. The first-order chi connectivity index (χ1) is 6.74. The van der Waals surface area contributed by atoms with E-state index in [0.717, 1.165) is 11.2 Å². The van der Waals surface area contributed by atoms with Gasteiger partial charge < -0.3 is 5.32 Å². The molecule has 2 aliphatic rings. The van der Waals surface area contributed by atoms with Crippen LogP contribution in [0.25, 0.3) is 0 Å². The molecule has 14 heavy (non-hydrogen) atoms. The Morgan fingerprint density at radius 1 is 1.29 bits per heavy atom. The van der Waals surface area contributed by atoms with Gasteiger partial charge in [0.25, 0.3) is 0 Å². The summed E-state index contributed by atoms with van der Waals surface area (Å²) < 4.78 is 0. The summed E-state index contributed by atoms with van der Waals surface area (Å²) in [5.74, 6) is 1.01. The van der Waals surface area contributed by atoms with Crippen LogP contribution in [-0.4, -0.2) is 16.7 Å². The van der Waals surface area contributed by atoms with Gasteiger partial charge in [0.1, 0.15) is 0 Å². The van der Waals surface area contributed by atoms with Gasteiger partial charge in [0.05, 0.1) is 4.87 Å². The molecule has 0 aromatic heterocycles. The zero-order valence-corrected chi connectivity index (χ0v) is 10.3. The van der Waals surface area contributed by atoms with Crippen LogP contribution in [0.4, 0.5) is 0 Å². The Bertz CT molecular complexity index is 185. The average molecular weight is 213 g/mol. The van der Waals surface area contributed by atoms with Crippen molar-refractivity contribution in [3.63, 3.8) is 0 Å². The molecular weight excluding hydrogens is 190 g/mol. The largest absolute Gasteiger partial charge is 0.303 e. The standard InChI is InChI=1S/C12H23NS/c1-3-11-4-7-12(8-5-11)13-9-6-10(2)14-12/h10-11,13H,3-9H2,1-2H3. The van der Waals surface area contributed by atoms with Crippen molar-refractivity contribution in [3.8, 4) is 0 Å². The lowest BCUT2D eigenvalue weighted by molar-refractivity contribution is 0.256. The van der Waals surface area contributed by atoms with Crippen molar-refractivity contribution in [2.24, 2.45) is 5.92 Å². The van der Waals surface area contributed by atoms with Crippen LogP contribution in [0.3, 0.4) is 0 Å². The van der Waals surface area contributed by atoms with Crippen molar-refractivity contribution < 1.29 is 0 Å². The third kappa shape index (κ3) is 2.27. The van der Waals surface area contributed by atoms with Gasteiger partial charge in [-0.1, -0.05) is 20.3 Å². The quantitative estimate of drug-likeness (QED) is 0.716. The van der Waals surface area contributed by atoms with Gasteiger partial charge in [-0.2, -0.15) is 0 Å². The van der Waals surface area contributed by atoms with Crippen LogP contribution in [0.1, 0.15) is 52.4 Å². The van der Waals surface area contributed by atoms with Gasteiger partial charge in [0, 0.05) is 5.25 Å². The molecule has 1 saturated carbocycles. The maximum atomic E-state index is 3.77. The minimum absolute atomic E-state index is 0.476. The molecule has 1 saturated heterocycles. The maximum absolute atomic E-state index is 3.77. The first-order valence-corrected chi connectivity index (χ1v) is 7.05. The molecule has 2 fully saturated rings. The van der Waals surface area contributed by atoms with E-state index >= 15 is 0 Å². The third-order valence-electron chi connectivity index (χ3n) is 3.92. The smallest absolute Gasteiger partial charge is 0.0648 e. The summed E-state index contributed by atoms with van der Waals surface area (Å²) >= 11 is 2.21. The minimum Gasteiger partial charge on any atom is -0.303 e. The van der Waals surface area contributed by atoms with Gasteiger partial charge >= 0.3 is 0 Å². The molecule has 0 aromatic rings. The predicted molar refractivity (Wildman–Crippen MR) is 64.7 cm³/mol. The van der Waals surface area contributed by atoms with Gasteiger partial charge in [-0.25, -0.2) is 0 Å². The van der Waals surface area contributed by atoms with Gasteiger partial charge in [-0.15, -0.1) is 11.8 Å². The van der Waals surface area contributed by atoms with Crippen LogP contribution < -0.4 is 5.32 Å². The van der Waals surface area contributed by atoms with E-state index in [4.69, 9.17) is 0 Å². The summed E-state index contributed by atoms with van der Waals surface area (Å²) in [6.07, 6.45) is 8.44. The van der Waals surface area contributed by atoms with Crippen molar-refractivity contribution in [3.05, 3.63) is 0 Å². The molecule has 0 radical (unpaired) electrons. The number of hydrogen-bond donors (Lipinski definition) is 1. The van der Waals surface area contributed by atoms with Crippen molar-refractivity contribution in [2.75, 3.05) is 6.54 Å². The average Bonchev–Trinajstić information content (AvgIpc) is 2.19. The van der Waals surface area contributed by atoms with Crippen molar-refractivity contribution >= 4 is 11.8 Å². The van der Waals surface area contributed by atoms with Gasteiger partial charge in [0.2, 0.25) is 0 Å². The van der Waals surface area contributed by atoms with E-state index in [2.05, 4.69) is 30.9 Å². The molecule has 2 rings (SSSR count). The molecule has 1 atom stereocenters. The molecule has 1 aliphatic heterocycles. The fourth-order valence-corrected chi connectivity index (χ4v) is 4.50. The summed E-state index contributed by atoms with van der Waals surface area (Å²) in [6, 6.07) is 0. The maximum Gasteiger partial charge on any atom is 0.0648 e. The minimum atomic E-state index is 0.476. The summed E-state index contributed by atoms with van der Waals surface area (Å²) in [5, 5.41) is 4.64. The highest BCUT2D eigenvalue weighted by molar-refractivity contribution is 8.01. The highest BCUT2D eigenvalue weighted by atomic mass is 32.2. The zero-order chi connectivity index (χ0) is 10.0. The van der Waals surface area contributed by atoms with Crippen molar-refractivity contribution in [1.29, 1.82) is 0 Å². The molecule has 1 unspecified atom stereocenters. The molecule has 82 valence electrons. The summed E-state index contributed by atoms with van der Waals surface area (Å²) in [5.41, 5.74) is 0. The molecule has 1 aliphatic carbocycles. The zero-order valence-electron chi connectivity index (χ0n) is 9.51. The highest BCUT2D eigenvalue weighted by Gasteiger charge is 2.38. The Kier molecular flexibility index (Phi) is 3.43. The topological polar surface area (TPSA) is 12.0 Å². The third-order valence-corrected chi connectivity index (χ3v) is 5.56. The fourth-order valence-electron chi connectivity index (χ4n) is 2.84. The van der Waals surface area contributed by atoms with Crippen LogP contribution in [0, 0.1) is 5.92 Å². The van der Waals surface area contributed by atoms with Crippen LogP contribution in [-0.2, 0) is 0 Å². The molecule has 1 spiro atoms. The SMILES string of the molecule is CCC1CCC2(CC1)NCCC(C)S2. The van der Waals surface area contributed by atoms with Gasteiger partial charge in [-0.3, -0.25) is 0 Å². The molecule has 1 heterocycles. The lowest BCUT2D eigenvalue weighted by Gasteiger charge is -2.45. The number of nitrogens with one attached hydrogen (secondary N) is 1. The van der Waals surface area contributed by atoms with Crippen molar-refractivity contribution in [2.45, 2.75) is 62.5 Å². The second kappa shape index (κ2) is 4.44. The highest BCUT2D eigenvalue weighted by Crippen LogP contribution is 2.44. The van der Waals surface area contributed by atoms with E-state index in [1.165, 1.54) is 45.1 Å². The van der Waals surface area contributed by atoms with Crippen LogP contribution in [0.15, 0.2) is 0 Å². The molecule has 0 bridgehead atoms. The Balaban J connectivity index is 1.91. The van der Waals surface area contributed by atoms with Crippen molar-refractivity contribution in [1.82, 2.24) is 5.32 Å². The normalized spacial score (nSPS) is 44.1. The molecule has 1 nitrogen and oxygen atoms in total. The van der Waals surface area contributed by atoms with Crippen LogP contribution >= 0.6 is 11.8 Å². The first-order valence-electron chi connectivity index (χ1n) is 6.17. The van der Waals surface area contributed by atoms with E-state index in [-0.39, 0.29) is 0 Å². The lowest BCUT2D eigenvalue weighted by Crippen LogP contribution is -2.50. The van der Waals surface area contributed by atoms with E-state index in [0.29, 0.717) is 4.87 Å². The molecule has 0 amide bonds. The molecular formula is C12H23NS. The van der Waals surface area contributed by atoms with E-state index in [1.807, 2.05) is 0 Å². The Hall–Kier alpha value is 0.310. The summed E-state index contributed by atoms with van der Waals surface area (Å²) in [7, 11) is 0. The fraction of sp³-hybridized carbons (Fsp3) is 1.00. The monoisotopic (exact) mass is 213 g/mol. The van der Waals surface area contributed by atoms with Crippen LogP contribution in [0.5, 0.6) is 0 Å². The number of hydrogen-bond acceptors (Lipinski definition) is 2. The summed E-state index contributed by atoms with van der Waals surface area (Å²) in [4.78, 5) is 0.476. The van der Waals surface area contributed by atoms with E-state index in [1.54, 1.807) is 0 Å². The van der Waals surface area contributed by atoms with E-state index in [9.17, 15) is 0 Å². The van der Waals surface area contributed by atoms with Crippen LogP contribution in [0.2, 0.25) is 0 Å². The Morgan fingerprint density at radius 2 is 2.00 bits per heavy atom. The summed E-state index contributed by atoms with van der Waals surface area (Å²) in [6.45, 7) is 5.97. The lowest BCUT2D eigenvalue weighted by atomic mass is 9.84. The predicted octanol–water partition coefficient (Wildman–Crippen LogP) is 3.40. The molecule has 2 heteroatoms. The van der Waals surface area contributed by atoms with Gasteiger partial charge in [-0.05, 0) is 44.6 Å². The molecule has 0 aromatic carbocycles. The van der Waals surface area contributed by atoms with E-state index < -0.39 is 0 Å².